The number of nitrogens with zero attached hydrogens (tertiary/aromatic N) is 2. The summed E-state index contributed by atoms with van der Waals surface area (Å²) in [5, 5.41) is 14.4. The summed E-state index contributed by atoms with van der Waals surface area (Å²) < 4.78 is 1.71. The van der Waals surface area contributed by atoms with Crippen LogP contribution < -0.4 is 0 Å². The lowest BCUT2D eigenvalue weighted by Crippen LogP contribution is -2.08. The fraction of sp³-hybridized carbons (Fsp3) is 0.0667. The molecule has 0 saturated heterocycles. The fourth-order valence-electron chi connectivity index (χ4n) is 2.18. The van der Waals surface area contributed by atoms with Gasteiger partial charge in [-0.15, -0.1) is 0 Å². The molecule has 0 aliphatic heterocycles. The van der Waals surface area contributed by atoms with E-state index >= 15 is 0 Å². The van der Waals surface area contributed by atoms with E-state index in [-0.39, 0.29) is 6.42 Å². The third-order valence-electron chi connectivity index (χ3n) is 3.00. The number of hydrogen-bond acceptors (Lipinski definition) is 2. The van der Waals surface area contributed by atoms with E-state index in [1.807, 2.05) is 54.6 Å². The zero-order valence-electron chi connectivity index (χ0n) is 10.2. The number of hydrogen-bond donors (Lipinski definition) is 1. The van der Waals surface area contributed by atoms with E-state index < -0.39 is 5.97 Å². The second-order valence-corrected chi connectivity index (χ2v) is 4.28. The van der Waals surface area contributed by atoms with Gasteiger partial charge in [-0.1, -0.05) is 36.4 Å². The third kappa shape index (κ3) is 2.08. The highest BCUT2D eigenvalue weighted by Gasteiger charge is 2.14. The van der Waals surface area contributed by atoms with Gasteiger partial charge in [0, 0.05) is 5.39 Å². The van der Waals surface area contributed by atoms with E-state index in [2.05, 4.69) is 5.10 Å². The van der Waals surface area contributed by atoms with E-state index in [1.165, 1.54) is 0 Å². The Bertz CT molecular complexity index is 732. The van der Waals surface area contributed by atoms with Gasteiger partial charge in [-0.25, -0.2) is 4.68 Å². The summed E-state index contributed by atoms with van der Waals surface area (Å²) in [5.74, 6) is -0.858. The Kier molecular flexibility index (Phi) is 2.76. The number of rotatable bonds is 3. The summed E-state index contributed by atoms with van der Waals surface area (Å²) in [4.78, 5) is 11.1. The molecule has 4 nitrogen and oxygen atoms in total. The molecular formula is C15H12N2O2. The first-order chi connectivity index (χ1) is 9.25. The van der Waals surface area contributed by atoms with Crippen LogP contribution in [-0.2, 0) is 11.2 Å². The van der Waals surface area contributed by atoms with Crippen molar-refractivity contribution in [2.45, 2.75) is 6.42 Å². The van der Waals surface area contributed by atoms with Crippen LogP contribution in [0.15, 0.2) is 54.6 Å². The lowest BCUT2D eigenvalue weighted by Gasteiger charge is -2.05. The van der Waals surface area contributed by atoms with E-state index in [0.29, 0.717) is 5.69 Å². The molecule has 0 atom stereocenters. The molecule has 0 radical (unpaired) electrons. The van der Waals surface area contributed by atoms with Crippen molar-refractivity contribution in [2.24, 2.45) is 0 Å². The molecular weight excluding hydrogens is 240 g/mol. The number of para-hydroxylation sites is 1. The van der Waals surface area contributed by atoms with Gasteiger partial charge in [-0.3, -0.25) is 4.79 Å². The van der Waals surface area contributed by atoms with Crippen LogP contribution in [0.25, 0.3) is 16.6 Å². The molecule has 0 unspecified atom stereocenters. The van der Waals surface area contributed by atoms with Crippen molar-refractivity contribution in [3.63, 3.8) is 0 Å². The number of fused-ring (bicyclic) bond motifs is 1. The molecule has 0 amide bonds. The molecule has 3 aromatic rings. The molecule has 0 aliphatic rings. The van der Waals surface area contributed by atoms with Crippen molar-refractivity contribution in [3.05, 3.63) is 60.3 Å². The monoisotopic (exact) mass is 252 g/mol. The number of carboxylic acids is 1. The van der Waals surface area contributed by atoms with Gasteiger partial charge in [-0.05, 0) is 18.2 Å². The molecule has 0 fully saturated rings. The van der Waals surface area contributed by atoms with Gasteiger partial charge in [0.25, 0.3) is 0 Å². The maximum atomic E-state index is 11.1. The van der Waals surface area contributed by atoms with E-state index in [9.17, 15) is 4.79 Å². The highest BCUT2D eigenvalue weighted by molar-refractivity contribution is 5.86. The lowest BCUT2D eigenvalue weighted by molar-refractivity contribution is -0.136. The van der Waals surface area contributed by atoms with Crippen LogP contribution in [0.2, 0.25) is 0 Å². The van der Waals surface area contributed by atoms with Crippen LogP contribution in [0.5, 0.6) is 0 Å². The highest BCUT2D eigenvalue weighted by atomic mass is 16.4. The number of benzene rings is 2. The van der Waals surface area contributed by atoms with Crippen LogP contribution in [0.1, 0.15) is 5.69 Å². The number of aliphatic carboxylic acids is 1. The first kappa shape index (κ1) is 11.5. The molecule has 0 saturated carbocycles. The summed E-state index contributed by atoms with van der Waals surface area (Å²) in [7, 11) is 0. The summed E-state index contributed by atoms with van der Waals surface area (Å²) in [6.45, 7) is 0. The van der Waals surface area contributed by atoms with Gasteiger partial charge >= 0.3 is 5.97 Å². The van der Waals surface area contributed by atoms with Crippen LogP contribution in [0, 0.1) is 0 Å². The Morgan fingerprint density at radius 1 is 1.05 bits per heavy atom. The van der Waals surface area contributed by atoms with Crippen molar-refractivity contribution < 1.29 is 9.90 Å². The Morgan fingerprint density at radius 3 is 2.47 bits per heavy atom. The van der Waals surface area contributed by atoms with Gasteiger partial charge in [0.15, 0.2) is 0 Å². The summed E-state index contributed by atoms with van der Waals surface area (Å²) in [5.41, 5.74) is 2.38. The molecule has 3 rings (SSSR count). The Hall–Kier alpha value is -2.62. The van der Waals surface area contributed by atoms with Crippen LogP contribution in [0.3, 0.4) is 0 Å². The smallest absolute Gasteiger partial charge is 0.309 e. The topological polar surface area (TPSA) is 55.1 Å². The van der Waals surface area contributed by atoms with Crippen LogP contribution in [-0.4, -0.2) is 20.9 Å². The lowest BCUT2D eigenvalue weighted by atomic mass is 10.1. The molecule has 2 aromatic carbocycles. The first-order valence-corrected chi connectivity index (χ1v) is 5.99. The standard InChI is InChI=1S/C15H12N2O2/c18-15(19)10-14-12-8-4-5-9-13(12)16-17(14)11-6-2-1-3-7-11/h1-9H,10H2,(H,18,19). The molecule has 1 heterocycles. The minimum Gasteiger partial charge on any atom is -0.481 e. The molecule has 1 N–H and O–H groups in total. The van der Waals surface area contributed by atoms with E-state index in [4.69, 9.17) is 5.11 Å². The molecule has 1 aromatic heterocycles. The van der Waals surface area contributed by atoms with Crippen molar-refractivity contribution in [1.82, 2.24) is 9.78 Å². The summed E-state index contributed by atoms with van der Waals surface area (Å²) >= 11 is 0. The van der Waals surface area contributed by atoms with E-state index in [1.54, 1.807) is 4.68 Å². The summed E-state index contributed by atoms with van der Waals surface area (Å²) in [6, 6.07) is 17.1. The van der Waals surface area contributed by atoms with Gasteiger partial charge in [0.05, 0.1) is 23.3 Å². The van der Waals surface area contributed by atoms with Crippen molar-refractivity contribution in [3.8, 4) is 5.69 Å². The second-order valence-electron chi connectivity index (χ2n) is 4.28. The summed E-state index contributed by atoms with van der Waals surface area (Å²) in [6.07, 6.45) is -0.0462. The third-order valence-corrected chi connectivity index (χ3v) is 3.00. The molecule has 19 heavy (non-hydrogen) atoms. The van der Waals surface area contributed by atoms with Gasteiger partial charge in [-0.2, -0.15) is 5.10 Å². The predicted octanol–water partition coefficient (Wildman–Crippen LogP) is 2.65. The number of carboxylic acid groups (broad SMARTS) is 1. The average Bonchev–Trinajstić information content (AvgIpc) is 2.78. The first-order valence-electron chi connectivity index (χ1n) is 5.99. The Balaban J connectivity index is 2.26. The van der Waals surface area contributed by atoms with Crippen LogP contribution >= 0.6 is 0 Å². The largest absolute Gasteiger partial charge is 0.481 e. The Morgan fingerprint density at radius 2 is 1.74 bits per heavy atom. The van der Waals surface area contributed by atoms with Crippen molar-refractivity contribution >= 4 is 16.9 Å². The Labute approximate surface area is 109 Å². The minimum atomic E-state index is -0.858. The van der Waals surface area contributed by atoms with Crippen LogP contribution in [0.4, 0.5) is 0 Å². The predicted molar refractivity (Wildman–Crippen MR) is 72.4 cm³/mol. The molecule has 0 aliphatic carbocycles. The fourth-order valence-corrected chi connectivity index (χ4v) is 2.18. The zero-order valence-corrected chi connectivity index (χ0v) is 10.2. The van der Waals surface area contributed by atoms with E-state index in [0.717, 1.165) is 16.6 Å². The molecule has 0 bridgehead atoms. The number of carbonyl (C=O) groups is 1. The molecule has 94 valence electrons. The average molecular weight is 252 g/mol. The quantitative estimate of drug-likeness (QED) is 0.779. The number of aromatic nitrogens is 2. The highest BCUT2D eigenvalue weighted by Crippen LogP contribution is 2.22. The molecule has 0 spiro atoms. The zero-order chi connectivity index (χ0) is 13.2. The van der Waals surface area contributed by atoms with Gasteiger partial charge in [0.2, 0.25) is 0 Å². The maximum absolute atomic E-state index is 11.1. The second kappa shape index (κ2) is 4.57. The minimum absolute atomic E-state index is 0.0462. The van der Waals surface area contributed by atoms with Crippen molar-refractivity contribution in [1.29, 1.82) is 0 Å². The van der Waals surface area contributed by atoms with Gasteiger partial charge in [0.1, 0.15) is 0 Å². The maximum Gasteiger partial charge on any atom is 0.309 e. The van der Waals surface area contributed by atoms with Crippen molar-refractivity contribution in [2.75, 3.05) is 0 Å². The normalized spacial score (nSPS) is 10.7. The molecule has 4 heteroatoms. The SMILES string of the molecule is O=C(O)Cc1c2ccccc2nn1-c1ccccc1. The van der Waals surface area contributed by atoms with Gasteiger partial charge < -0.3 is 5.11 Å².